The van der Waals surface area contributed by atoms with Gasteiger partial charge in [0.2, 0.25) is 0 Å². The van der Waals surface area contributed by atoms with E-state index in [0.29, 0.717) is 18.0 Å². The van der Waals surface area contributed by atoms with Crippen molar-refractivity contribution in [3.05, 3.63) is 90.5 Å². The molecule has 5 heteroatoms. The van der Waals surface area contributed by atoms with Crippen molar-refractivity contribution in [2.75, 3.05) is 31.0 Å². The van der Waals surface area contributed by atoms with Crippen molar-refractivity contribution in [1.82, 2.24) is 0 Å². The van der Waals surface area contributed by atoms with Crippen LogP contribution in [0.3, 0.4) is 0 Å². The Kier molecular flexibility index (Phi) is 6.90. The number of anilines is 2. The van der Waals surface area contributed by atoms with Gasteiger partial charge in [0.05, 0.1) is 14.2 Å². The third-order valence-electron chi connectivity index (χ3n) is 4.35. The summed E-state index contributed by atoms with van der Waals surface area (Å²) < 4.78 is 10.5. The monoisotopic (exact) mass is 388 g/mol. The predicted molar refractivity (Wildman–Crippen MR) is 118 cm³/mol. The molecule has 0 saturated carbocycles. The summed E-state index contributed by atoms with van der Waals surface area (Å²) in [5, 5.41) is 2.93. The number of methoxy groups -OCH3 is 2. The maximum Gasteiger partial charge on any atom is 0.326 e. The van der Waals surface area contributed by atoms with Crippen molar-refractivity contribution in [2.24, 2.45) is 0 Å². The number of hydrogen-bond acceptors (Lipinski definition) is 3. The van der Waals surface area contributed by atoms with Crippen LogP contribution < -0.4 is 19.7 Å². The fourth-order valence-corrected chi connectivity index (χ4v) is 2.82. The summed E-state index contributed by atoms with van der Waals surface area (Å²) in [5.41, 5.74) is 2.51. The molecular weight excluding hydrogens is 364 g/mol. The summed E-state index contributed by atoms with van der Waals surface area (Å²) in [6.07, 6.45) is 3.96. The lowest BCUT2D eigenvalue weighted by Gasteiger charge is -2.22. The number of nitrogens with zero attached hydrogens (tertiary/aromatic N) is 1. The Bertz CT molecular complexity index is 953. The third kappa shape index (κ3) is 5.62. The highest BCUT2D eigenvalue weighted by Crippen LogP contribution is 2.22. The van der Waals surface area contributed by atoms with Gasteiger partial charge in [-0.2, -0.15) is 0 Å². The molecule has 0 bridgehead atoms. The van der Waals surface area contributed by atoms with Gasteiger partial charge in [0.15, 0.2) is 0 Å². The Morgan fingerprint density at radius 2 is 1.62 bits per heavy atom. The molecule has 0 atom stereocenters. The maximum atomic E-state index is 13.0. The van der Waals surface area contributed by atoms with Crippen LogP contribution in [-0.4, -0.2) is 26.8 Å². The molecule has 0 aromatic heterocycles. The highest BCUT2D eigenvalue weighted by atomic mass is 16.5. The Morgan fingerprint density at radius 1 is 0.897 bits per heavy atom. The molecule has 0 unspecified atom stereocenters. The first-order valence-electron chi connectivity index (χ1n) is 9.28. The Morgan fingerprint density at radius 3 is 2.31 bits per heavy atom. The lowest BCUT2D eigenvalue weighted by atomic mass is 10.2. The molecule has 0 aliphatic carbocycles. The second kappa shape index (κ2) is 9.99. The van der Waals surface area contributed by atoms with Crippen molar-refractivity contribution < 1.29 is 14.3 Å². The number of ether oxygens (including phenoxy) is 2. The van der Waals surface area contributed by atoms with Gasteiger partial charge < -0.3 is 14.8 Å². The van der Waals surface area contributed by atoms with Crippen LogP contribution in [0, 0.1) is 0 Å². The number of nitrogens with one attached hydrogen (secondary N) is 1. The average Bonchev–Trinajstić information content (AvgIpc) is 2.77. The van der Waals surface area contributed by atoms with Crippen LogP contribution in [0.2, 0.25) is 0 Å². The molecule has 0 fully saturated rings. The molecule has 5 nitrogen and oxygen atoms in total. The topological polar surface area (TPSA) is 50.8 Å². The highest BCUT2D eigenvalue weighted by Gasteiger charge is 2.15. The zero-order valence-electron chi connectivity index (χ0n) is 16.5. The molecule has 0 heterocycles. The first kappa shape index (κ1) is 20.0. The molecule has 29 heavy (non-hydrogen) atoms. The summed E-state index contributed by atoms with van der Waals surface area (Å²) in [4.78, 5) is 14.7. The van der Waals surface area contributed by atoms with Gasteiger partial charge in [-0.05, 0) is 42.0 Å². The molecule has 0 radical (unpaired) electrons. The number of benzene rings is 3. The quantitative estimate of drug-likeness (QED) is 0.585. The molecule has 1 N–H and O–H groups in total. The molecule has 3 rings (SSSR count). The Balaban J connectivity index is 1.80. The summed E-state index contributed by atoms with van der Waals surface area (Å²) in [6, 6.07) is 24.4. The maximum absolute atomic E-state index is 13.0. The van der Waals surface area contributed by atoms with Crippen LogP contribution in [0.15, 0.2) is 84.9 Å². The van der Waals surface area contributed by atoms with Crippen molar-refractivity contribution in [1.29, 1.82) is 0 Å². The van der Waals surface area contributed by atoms with E-state index in [1.165, 1.54) is 0 Å². The van der Waals surface area contributed by atoms with Crippen LogP contribution in [0.25, 0.3) is 6.08 Å². The van der Waals surface area contributed by atoms with Crippen molar-refractivity contribution >= 4 is 23.5 Å². The van der Waals surface area contributed by atoms with Gasteiger partial charge >= 0.3 is 6.03 Å². The number of rotatable bonds is 7. The zero-order valence-corrected chi connectivity index (χ0v) is 16.5. The Labute approximate surface area is 171 Å². The minimum atomic E-state index is -0.235. The van der Waals surface area contributed by atoms with Gasteiger partial charge in [0, 0.05) is 24.0 Å². The van der Waals surface area contributed by atoms with Crippen LogP contribution in [0.1, 0.15) is 5.56 Å². The van der Waals surface area contributed by atoms with Gasteiger partial charge in [-0.1, -0.05) is 48.6 Å². The normalized spacial score (nSPS) is 10.6. The zero-order chi connectivity index (χ0) is 20.5. The predicted octanol–water partition coefficient (Wildman–Crippen LogP) is 5.46. The number of urea groups is 1. The average molecular weight is 388 g/mol. The van der Waals surface area contributed by atoms with Gasteiger partial charge in [0.25, 0.3) is 0 Å². The Hall–Kier alpha value is -3.73. The number of hydrogen-bond donors (Lipinski definition) is 1. The van der Waals surface area contributed by atoms with E-state index in [0.717, 1.165) is 17.0 Å². The fourth-order valence-electron chi connectivity index (χ4n) is 2.82. The number of amides is 2. The lowest BCUT2D eigenvalue weighted by Crippen LogP contribution is -2.35. The second-order valence-corrected chi connectivity index (χ2v) is 6.28. The molecule has 0 saturated heterocycles. The van der Waals surface area contributed by atoms with Crippen LogP contribution in [-0.2, 0) is 0 Å². The molecule has 0 aliphatic rings. The van der Waals surface area contributed by atoms with E-state index in [-0.39, 0.29) is 6.03 Å². The van der Waals surface area contributed by atoms with Gasteiger partial charge in [-0.15, -0.1) is 0 Å². The SMILES string of the molecule is COc1ccc(N(C/C=C/c2ccccc2)C(=O)Nc2cccc(OC)c2)cc1. The smallest absolute Gasteiger partial charge is 0.326 e. The molecule has 3 aromatic carbocycles. The van der Waals surface area contributed by atoms with Gasteiger partial charge in [-0.3, -0.25) is 4.90 Å². The van der Waals surface area contributed by atoms with E-state index < -0.39 is 0 Å². The van der Waals surface area contributed by atoms with E-state index in [4.69, 9.17) is 9.47 Å². The van der Waals surface area contributed by atoms with E-state index in [1.54, 1.807) is 25.2 Å². The molecule has 0 spiro atoms. The molecule has 3 aromatic rings. The van der Waals surface area contributed by atoms with Crippen LogP contribution in [0.4, 0.5) is 16.2 Å². The summed E-state index contributed by atoms with van der Waals surface area (Å²) in [7, 11) is 3.21. The highest BCUT2D eigenvalue weighted by molar-refractivity contribution is 6.02. The largest absolute Gasteiger partial charge is 0.497 e. The first-order valence-corrected chi connectivity index (χ1v) is 9.28. The fraction of sp³-hybridized carbons (Fsp3) is 0.125. The second-order valence-electron chi connectivity index (χ2n) is 6.28. The molecule has 2 amide bonds. The lowest BCUT2D eigenvalue weighted by molar-refractivity contribution is 0.257. The summed E-state index contributed by atoms with van der Waals surface area (Å²) in [5.74, 6) is 1.42. The number of carbonyl (C=O) groups excluding carboxylic acids is 1. The van der Waals surface area contributed by atoms with E-state index >= 15 is 0 Å². The molecule has 148 valence electrons. The van der Waals surface area contributed by atoms with Crippen molar-refractivity contribution in [2.45, 2.75) is 0 Å². The summed E-state index contributed by atoms with van der Waals surface area (Å²) >= 11 is 0. The standard InChI is InChI=1S/C24H24N2O3/c1-28-22-15-13-21(14-16-22)26(17-7-10-19-8-4-3-5-9-19)24(27)25-20-11-6-12-23(18-20)29-2/h3-16,18H,17H2,1-2H3,(H,25,27)/b10-7+. The minimum absolute atomic E-state index is 0.235. The van der Waals surface area contributed by atoms with E-state index in [9.17, 15) is 4.79 Å². The molecular formula is C24H24N2O3. The van der Waals surface area contributed by atoms with Crippen LogP contribution in [0.5, 0.6) is 11.5 Å². The van der Waals surface area contributed by atoms with Crippen molar-refractivity contribution in [3.63, 3.8) is 0 Å². The third-order valence-corrected chi connectivity index (χ3v) is 4.35. The van der Waals surface area contributed by atoms with E-state index in [2.05, 4.69) is 5.32 Å². The number of carbonyl (C=O) groups is 1. The van der Waals surface area contributed by atoms with E-state index in [1.807, 2.05) is 84.9 Å². The van der Waals surface area contributed by atoms with Crippen molar-refractivity contribution in [3.8, 4) is 11.5 Å². The summed E-state index contributed by atoms with van der Waals surface area (Å²) in [6.45, 7) is 0.414. The first-order chi connectivity index (χ1) is 14.2. The van der Waals surface area contributed by atoms with Gasteiger partial charge in [0.1, 0.15) is 11.5 Å². The molecule has 0 aliphatic heterocycles. The minimum Gasteiger partial charge on any atom is -0.497 e. The van der Waals surface area contributed by atoms with Gasteiger partial charge in [-0.25, -0.2) is 4.79 Å². The van der Waals surface area contributed by atoms with Crippen LogP contribution >= 0.6 is 0 Å².